The van der Waals surface area contributed by atoms with Crippen molar-refractivity contribution in [2.75, 3.05) is 13.2 Å². The lowest BCUT2D eigenvalue weighted by atomic mass is 10.3. The molecule has 2 rings (SSSR count). The van der Waals surface area contributed by atoms with Gasteiger partial charge in [0.1, 0.15) is 6.61 Å². The zero-order valence-corrected chi connectivity index (χ0v) is 13.4. The third-order valence-electron chi connectivity index (χ3n) is 2.79. The van der Waals surface area contributed by atoms with E-state index in [0.29, 0.717) is 24.2 Å². The lowest BCUT2D eigenvalue weighted by Gasteiger charge is -2.07. The van der Waals surface area contributed by atoms with Crippen LogP contribution < -0.4 is 10.1 Å². The Kier molecular flexibility index (Phi) is 6.13. The van der Waals surface area contributed by atoms with Crippen LogP contribution in [0, 0.1) is 5.82 Å². The van der Waals surface area contributed by atoms with Crippen LogP contribution in [0.1, 0.15) is 19.0 Å². The third kappa shape index (κ3) is 5.09. The maximum atomic E-state index is 13.6. The number of halogens is 2. The first kappa shape index (κ1) is 15.9. The molecule has 5 nitrogen and oxygen atoms in total. The summed E-state index contributed by atoms with van der Waals surface area (Å²) in [6, 6.07) is 4.72. The van der Waals surface area contributed by atoms with Gasteiger partial charge in [-0.2, -0.15) is 0 Å². The fourth-order valence-electron chi connectivity index (χ4n) is 1.76. The molecule has 0 amide bonds. The van der Waals surface area contributed by atoms with Gasteiger partial charge in [0.05, 0.1) is 12.2 Å². The predicted octanol–water partition coefficient (Wildman–Crippen LogP) is 2.76. The molecule has 0 fully saturated rings. The van der Waals surface area contributed by atoms with E-state index in [0.717, 1.165) is 18.7 Å². The Balaban J connectivity index is 1.78. The lowest BCUT2D eigenvalue weighted by molar-refractivity contribution is 0.277. The van der Waals surface area contributed by atoms with Crippen LogP contribution in [-0.2, 0) is 13.1 Å². The SMILES string of the molecule is CCCNCc1cn(CCOc2ccc(Br)cc2F)nn1. The summed E-state index contributed by atoms with van der Waals surface area (Å²) in [5.41, 5.74) is 0.887. The molecule has 0 radical (unpaired) electrons. The number of benzene rings is 1. The summed E-state index contributed by atoms with van der Waals surface area (Å²) in [6.07, 6.45) is 2.95. The highest BCUT2D eigenvalue weighted by atomic mass is 79.9. The monoisotopic (exact) mass is 356 g/mol. The molecule has 1 aromatic heterocycles. The maximum Gasteiger partial charge on any atom is 0.166 e. The molecule has 0 bridgehead atoms. The Labute approximate surface area is 131 Å². The van der Waals surface area contributed by atoms with Gasteiger partial charge in [0.25, 0.3) is 0 Å². The summed E-state index contributed by atoms with van der Waals surface area (Å²) in [7, 11) is 0. The van der Waals surface area contributed by atoms with Crippen molar-refractivity contribution in [2.45, 2.75) is 26.4 Å². The normalized spacial score (nSPS) is 10.8. The fourth-order valence-corrected chi connectivity index (χ4v) is 2.10. The van der Waals surface area contributed by atoms with Crippen molar-refractivity contribution in [3.05, 3.63) is 40.4 Å². The Morgan fingerprint density at radius 3 is 3.05 bits per heavy atom. The van der Waals surface area contributed by atoms with Crippen molar-refractivity contribution < 1.29 is 9.13 Å². The van der Waals surface area contributed by atoms with Gasteiger partial charge in [-0.1, -0.05) is 28.1 Å². The third-order valence-corrected chi connectivity index (χ3v) is 3.28. The van der Waals surface area contributed by atoms with Gasteiger partial charge < -0.3 is 10.1 Å². The minimum Gasteiger partial charge on any atom is -0.489 e. The van der Waals surface area contributed by atoms with Gasteiger partial charge in [0, 0.05) is 17.2 Å². The Morgan fingerprint density at radius 2 is 2.29 bits per heavy atom. The fraction of sp³-hybridized carbons (Fsp3) is 0.429. The van der Waals surface area contributed by atoms with Crippen LogP contribution in [0.4, 0.5) is 4.39 Å². The minimum atomic E-state index is -0.382. The number of hydrogen-bond donors (Lipinski definition) is 1. The molecule has 0 aliphatic rings. The quantitative estimate of drug-likeness (QED) is 0.739. The maximum absolute atomic E-state index is 13.6. The molecule has 0 aliphatic carbocycles. The summed E-state index contributed by atoms with van der Waals surface area (Å²) in [6.45, 7) is 4.64. The van der Waals surface area contributed by atoms with Gasteiger partial charge in [0.2, 0.25) is 0 Å². The van der Waals surface area contributed by atoms with Crippen LogP contribution >= 0.6 is 15.9 Å². The highest BCUT2D eigenvalue weighted by molar-refractivity contribution is 9.10. The second-order valence-electron chi connectivity index (χ2n) is 4.57. The largest absolute Gasteiger partial charge is 0.489 e. The molecule has 0 spiro atoms. The summed E-state index contributed by atoms with van der Waals surface area (Å²) < 4.78 is 21.3. The molecule has 0 atom stereocenters. The van der Waals surface area contributed by atoms with Crippen LogP contribution in [0.15, 0.2) is 28.9 Å². The van der Waals surface area contributed by atoms with E-state index in [1.54, 1.807) is 16.8 Å². The summed E-state index contributed by atoms with van der Waals surface area (Å²) in [5, 5.41) is 11.3. The van der Waals surface area contributed by atoms with Crippen LogP contribution in [0.25, 0.3) is 0 Å². The Morgan fingerprint density at radius 1 is 1.43 bits per heavy atom. The first-order valence-electron chi connectivity index (χ1n) is 6.86. The van der Waals surface area contributed by atoms with E-state index in [1.165, 1.54) is 6.07 Å². The number of hydrogen-bond acceptors (Lipinski definition) is 4. The summed E-state index contributed by atoms with van der Waals surface area (Å²) in [5.74, 6) is -0.143. The zero-order valence-electron chi connectivity index (χ0n) is 11.9. The van der Waals surface area contributed by atoms with Gasteiger partial charge in [-0.05, 0) is 31.2 Å². The van der Waals surface area contributed by atoms with Gasteiger partial charge in [-0.3, -0.25) is 0 Å². The predicted molar refractivity (Wildman–Crippen MR) is 81.6 cm³/mol. The van der Waals surface area contributed by atoms with Gasteiger partial charge in [-0.15, -0.1) is 5.10 Å². The topological polar surface area (TPSA) is 52.0 Å². The smallest absolute Gasteiger partial charge is 0.166 e. The van der Waals surface area contributed by atoms with E-state index >= 15 is 0 Å². The van der Waals surface area contributed by atoms with E-state index < -0.39 is 0 Å². The Hall–Kier alpha value is -1.47. The van der Waals surface area contributed by atoms with Crippen molar-refractivity contribution in [3.63, 3.8) is 0 Å². The molecule has 7 heteroatoms. The highest BCUT2D eigenvalue weighted by Gasteiger charge is 2.05. The van der Waals surface area contributed by atoms with Crippen molar-refractivity contribution in [3.8, 4) is 5.75 Å². The lowest BCUT2D eigenvalue weighted by Crippen LogP contribution is -2.14. The van der Waals surface area contributed by atoms with E-state index in [1.807, 2.05) is 6.20 Å². The van der Waals surface area contributed by atoms with Crippen LogP contribution in [0.5, 0.6) is 5.75 Å². The first-order valence-corrected chi connectivity index (χ1v) is 7.66. The molecule has 114 valence electrons. The van der Waals surface area contributed by atoms with Crippen LogP contribution in [0.2, 0.25) is 0 Å². The van der Waals surface area contributed by atoms with Crippen molar-refractivity contribution >= 4 is 15.9 Å². The summed E-state index contributed by atoms with van der Waals surface area (Å²) in [4.78, 5) is 0. The minimum absolute atomic E-state index is 0.239. The van der Waals surface area contributed by atoms with Gasteiger partial charge in [-0.25, -0.2) is 9.07 Å². The molecule has 1 heterocycles. The van der Waals surface area contributed by atoms with Gasteiger partial charge >= 0.3 is 0 Å². The van der Waals surface area contributed by atoms with Crippen molar-refractivity contribution in [1.29, 1.82) is 0 Å². The number of rotatable bonds is 8. The molecule has 21 heavy (non-hydrogen) atoms. The molecule has 2 aromatic rings. The zero-order chi connectivity index (χ0) is 15.1. The molecular weight excluding hydrogens is 339 g/mol. The van der Waals surface area contributed by atoms with Crippen molar-refractivity contribution in [1.82, 2.24) is 20.3 Å². The number of aromatic nitrogens is 3. The molecule has 0 aliphatic heterocycles. The Bertz CT molecular complexity index is 576. The molecule has 0 saturated heterocycles. The molecule has 0 unspecified atom stereocenters. The first-order chi connectivity index (χ1) is 10.2. The molecule has 1 aromatic carbocycles. The second kappa shape index (κ2) is 8.09. The number of ether oxygens (including phenoxy) is 1. The van der Waals surface area contributed by atoms with E-state index in [2.05, 4.69) is 38.5 Å². The molecular formula is C14H18BrFN4O. The number of nitrogens with one attached hydrogen (secondary N) is 1. The van der Waals surface area contributed by atoms with Crippen LogP contribution in [0.3, 0.4) is 0 Å². The average Bonchev–Trinajstić information content (AvgIpc) is 2.89. The number of nitrogens with zero attached hydrogens (tertiary/aromatic N) is 3. The van der Waals surface area contributed by atoms with Gasteiger partial charge in [0.15, 0.2) is 11.6 Å². The molecule has 1 N–H and O–H groups in total. The second-order valence-corrected chi connectivity index (χ2v) is 5.49. The van der Waals surface area contributed by atoms with Crippen molar-refractivity contribution in [2.24, 2.45) is 0 Å². The van der Waals surface area contributed by atoms with E-state index in [-0.39, 0.29) is 11.6 Å². The van der Waals surface area contributed by atoms with Crippen LogP contribution in [-0.4, -0.2) is 28.1 Å². The highest BCUT2D eigenvalue weighted by Crippen LogP contribution is 2.21. The average molecular weight is 357 g/mol. The standard InChI is InChI=1S/C14H18BrFN4O/c1-2-5-17-9-12-10-20(19-18-12)6-7-21-14-4-3-11(15)8-13(14)16/h3-4,8,10,17H,2,5-7,9H2,1H3. The van der Waals surface area contributed by atoms with E-state index in [4.69, 9.17) is 4.74 Å². The van der Waals surface area contributed by atoms with E-state index in [9.17, 15) is 4.39 Å². The molecule has 0 saturated carbocycles. The summed E-state index contributed by atoms with van der Waals surface area (Å²) >= 11 is 3.21.